The first-order chi connectivity index (χ1) is 7.63. The van der Waals surface area contributed by atoms with Crippen LogP contribution in [-0.2, 0) is 0 Å². The van der Waals surface area contributed by atoms with Gasteiger partial charge in [0.25, 0.3) is 5.56 Å². The summed E-state index contributed by atoms with van der Waals surface area (Å²) in [5.74, 6) is 0.412. The van der Waals surface area contributed by atoms with Crippen molar-refractivity contribution >= 4 is 0 Å². The first-order valence-corrected chi connectivity index (χ1v) is 5.39. The zero-order valence-corrected chi connectivity index (χ0v) is 9.06. The smallest absolute Gasteiger partial charge is 0.296 e. The van der Waals surface area contributed by atoms with Crippen molar-refractivity contribution in [3.05, 3.63) is 32.6 Å². The minimum atomic E-state index is -0.602. The fourth-order valence-electron chi connectivity index (χ4n) is 2.35. The minimum absolute atomic E-state index is 0.00120. The summed E-state index contributed by atoms with van der Waals surface area (Å²) < 4.78 is 1.50. The molecule has 1 aromatic rings. The molecule has 5 nitrogen and oxygen atoms in total. The third-order valence-corrected chi connectivity index (χ3v) is 3.26. The summed E-state index contributed by atoms with van der Waals surface area (Å²) in [5.41, 5.74) is -1.02. The highest BCUT2D eigenvalue weighted by Crippen LogP contribution is 2.33. The quantitative estimate of drug-likeness (QED) is 0.757. The van der Waals surface area contributed by atoms with Crippen LogP contribution in [0, 0.1) is 17.2 Å². The number of nitrogens with zero attached hydrogens (tertiary/aromatic N) is 2. The summed E-state index contributed by atoms with van der Waals surface area (Å²) in [6, 6.07) is 1.91. The first-order valence-electron chi connectivity index (χ1n) is 5.39. The van der Waals surface area contributed by atoms with Gasteiger partial charge in [-0.25, -0.2) is 4.79 Å². The lowest BCUT2D eigenvalue weighted by Gasteiger charge is -2.17. The van der Waals surface area contributed by atoms with E-state index in [2.05, 4.69) is 11.9 Å². The lowest BCUT2D eigenvalue weighted by atomic mass is 10.1. The van der Waals surface area contributed by atoms with E-state index < -0.39 is 11.2 Å². The van der Waals surface area contributed by atoms with Gasteiger partial charge in [-0.2, -0.15) is 5.26 Å². The summed E-state index contributed by atoms with van der Waals surface area (Å²) >= 11 is 0. The summed E-state index contributed by atoms with van der Waals surface area (Å²) in [7, 11) is 0. The fourth-order valence-corrected chi connectivity index (χ4v) is 2.35. The predicted molar refractivity (Wildman–Crippen MR) is 58.1 cm³/mol. The SMILES string of the molecule is CC1CCCC1n1cc(C#N)c(=O)[nH]c1=O. The maximum Gasteiger partial charge on any atom is 0.328 e. The van der Waals surface area contributed by atoms with E-state index in [1.807, 2.05) is 0 Å². The summed E-state index contributed by atoms with van der Waals surface area (Å²) in [6.45, 7) is 2.08. The Labute approximate surface area is 92.3 Å². The zero-order chi connectivity index (χ0) is 11.7. The van der Waals surface area contributed by atoms with E-state index in [0.29, 0.717) is 5.92 Å². The van der Waals surface area contributed by atoms with E-state index in [1.165, 1.54) is 10.8 Å². The number of hydrogen-bond donors (Lipinski definition) is 1. The third-order valence-electron chi connectivity index (χ3n) is 3.26. The second-order valence-corrected chi connectivity index (χ2v) is 4.30. The molecule has 0 spiro atoms. The zero-order valence-electron chi connectivity index (χ0n) is 9.06. The van der Waals surface area contributed by atoms with Crippen molar-refractivity contribution in [2.24, 2.45) is 5.92 Å². The molecule has 0 amide bonds. The first kappa shape index (κ1) is 10.7. The normalized spacial score (nSPS) is 24.2. The number of aromatic nitrogens is 2. The van der Waals surface area contributed by atoms with Gasteiger partial charge in [0.2, 0.25) is 0 Å². The fraction of sp³-hybridized carbons (Fsp3) is 0.545. The molecule has 16 heavy (non-hydrogen) atoms. The van der Waals surface area contributed by atoms with E-state index in [-0.39, 0.29) is 11.6 Å². The molecule has 0 saturated heterocycles. The molecule has 1 aliphatic rings. The molecule has 5 heteroatoms. The Hall–Kier alpha value is -1.83. The van der Waals surface area contributed by atoms with Gasteiger partial charge in [-0.3, -0.25) is 14.3 Å². The molecular formula is C11H13N3O2. The molecule has 2 rings (SSSR count). The molecule has 0 radical (unpaired) electrons. The molecule has 2 atom stereocenters. The molecular weight excluding hydrogens is 206 g/mol. The van der Waals surface area contributed by atoms with Gasteiger partial charge in [0.05, 0.1) is 0 Å². The van der Waals surface area contributed by atoms with Crippen LogP contribution in [0.4, 0.5) is 0 Å². The van der Waals surface area contributed by atoms with Crippen molar-refractivity contribution < 1.29 is 0 Å². The highest BCUT2D eigenvalue weighted by atomic mass is 16.2. The van der Waals surface area contributed by atoms with Crippen LogP contribution >= 0.6 is 0 Å². The minimum Gasteiger partial charge on any atom is -0.296 e. The van der Waals surface area contributed by atoms with E-state index in [4.69, 9.17) is 5.26 Å². The Morgan fingerprint density at radius 2 is 2.25 bits per heavy atom. The van der Waals surface area contributed by atoms with Gasteiger partial charge in [0.15, 0.2) is 0 Å². The average molecular weight is 219 g/mol. The molecule has 1 aromatic heterocycles. The van der Waals surface area contributed by atoms with Crippen LogP contribution in [0.15, 0.2) is 15.8 Å². The maximum atomic E-state index is 11.6. The second kappa shape index (κ2) is 3.97. The number of H-pyrrole nitrogens is 1. The van der Waals surface area contributed by atoms with E-state index in [9.17, 15) is 9.59 Å². The lowest BCUT2D eigenvalue weighted by molar-refractivity contribution is 0.391. The van der Waals surface area contributed by atoms with Crippen molar-refractivity contribution in [2.45, 2.75) is 32.2 Å². The monoisotopic (exact) mass is 219 g/mol. The van der Waals surface area contributed by atoms with Gasteiger partial charge in [-0.1, -0.05) is 13.3 Å². The van der Waals surface area contributed by atoms with Crippen molar-refractivity contribution in [1.82, 2.24) is 9.55 Å². The molecule has 1 fully saturated rings. The Bertz CT molecular complexity index is 550. The summed E-state index contributed by atoms with van der Waals surface area (Å²) in [5, 5.41) is 8.76. The standard InChI is InChI=1S/C11H13N3O2/c1-7-3-2-4-9(7)14-6-8(5-12)10(15)13-11(14)16/h6-7,9H,2-4H2,1H3,(H,13,15,16). The van der Waals surface area contributed by atoms with Crippen LogP contribution in [0.25, 0.3) is 0 Å². The number of nitriles is 1. The molecule has 1 heterocycles. The van der Waals surface area contributed by atoms with Crippen LogP contribution in [-0.4, -0.2) is 9.55 Å². The van der Waals surface area contributed by atoms with Crippen LogP contribution in [0.3, 0.4) is 0 Å². The molecule has 1 aliphatic carbocycles. The Balaban J connectivity index is 2.53. The Morgan fingerprint density at radius 3 is 2.81 bits per heavy atom. The summed E-state index contributed by atoms with van der Waals surface area (Å²) in [4.78, 5) is 25.1. The molecule has 1 saturated carbocycles. The lowest BCUT2D eigenvalue weighted by Crippen LogP contribution is -2.34. The molecule has 2 unspecified atom stereocenters. The van der Waals surface area contributed by atoms with Gasteiger partial charge < -0.3 is 0 Å². The maximum absolute atomic E-state index is 11.6. The Morgan fingerprint density at radius 1 is 1.50 bits per heavy atom. The van der Waals surface area contributed by atoms with Gasteiger partial charge in [-0.05, 0) is 18.8 Å². The highest BCUT2D eigenvalue weighted by molar-refractivity contribution is 5.22. The number of rotatable bonds is 1. The van der Waals surface area contributed by atoms with E-state index in [1.54, 1.807) is 6.07 Å². The predicted octanol–water partition coefficient (Wildman–Crippen LogP) is 0.769. The molecule has 0 aromatic carbocycles. The number of hydrogen-bond acceptors (Lipinski definition) is 3. The Kier molecular flexibility index (Phi) is 2.65. The molecule has 0 bridgehead atoms. The van der Waals surface area contributed by atoms with Crippen molar-refractivity contribution in [3.8, 4) is 6.07 Å². The number of nitrogens with one attached hydrogen (secondary N) is 1. The largest absolute Gasteiger partial charge is 0.328 e. The van der Waals surface area contributed by atoms with Crippen molar-refractivity contribution in [1.29, 1.82) is 5.26 Å². The summed E-state index contributed by atoms with van der Waals surface area (Å²) in [6.07, 6.45) is 4.48. The molecule has 1 N–H and O–H groups in total. The van der Waals surface area contributed by atoms with Gasteiger partial charge >= 0.3 is 5.69 Å². The van der Waals surface area contributed by atoms with Crippen molar-refractivity contribution in [2.75, 3.05) is 0 Å². The second-order valence-electron chi connectivity index (χ2n) is 4.30. The van der Waals surface area contributed by atoms with E-state index >= 15 is 0 Å². The van der Waals surface area contributed by atoms with Crippen molar-refractivity contribution in [3.63, 3.8) is 0 Å². The number of aromatic amines is 1. The third kappa shape index (κ3) is 1.67. The van der Waals surface area contributed by atoms with Gasteiger partial charge in [0, 0.05) is 12.2 Å². The molecule has 0 aliphatic heterocycles. The van der Waals surface area contributed by atoms with Crippen LogP contribution in [0.1, 0.15) is 37.8 Å². The van der Waals surface area contributed by atoms with Crippen LogP contribution in [0.2, 0.25) is 0 Å². The highest BCUT2D eigenvalue weighted by Gasteiger charge is 2.26. The van der Waals surface area contributed by atoms with Gasteiger partial charge in [0.1, 0.15) is 11.6 Å². The average Bonchev–Trinajstić information content (AvgIpc) is 2.65. The van der Waals surface area contributed by atoms with Gasteiger partial charge in [-0.15, -0.1) is 0 Å². The topological polar surface area (TPSA) is 78.7 Å². The van der Waals surface area contributed by atoms with Crippen LogP contribution in [0.5, 0.6) is 0 Å². The van der Waals surface area contributed by atoms with E-state index in [0.717, 1.165) is 19.3 Å². The molecule has 84 valence electrons. The van der Waals surface area contributed by atoms with Crippen LogP contribution < -0.4 is 11.2 Å².